The number of nitrogens with one attached hydrogen (secondary N) is 2. The first kappa shape index (κ1) is 18.6. The summed E-state index contributed by atoms with van der Waals surface area (Å²) in [7, 11) is 0. The standard InChI is InChI=1S/C20H16BrN3O3/c21-16-6-1-5-15(11-16)19(25)24-18(10-14-4-2-8-22-12-14)20(26)23-13-17-7-3-9-27-17/h1-12H,13H2,(H,23,26)(H,24,25)/b18-10+. The Bertz CT molecular complexity index is 954. The molecule has 0 spiro atoms. The maximum Gasteiger partial charge on any atom is 0.268 e. The van der Waals surface area contributed by atoms with Gasteiger partial charge in [0.1, 0.15) is 11.5 Å². The molecule has 0 atom stereocenters. The third kappa shape index (κ3) is 5.39. The minimum absolute atomic E-state index is 0.111. The lowest BCUT2D eigenvalue weighted by Gasteiger charge is -2.11. The average Bonchev–Trinajstić information content (AvgIpc) is 3.20. The smallest absolute Gasteiger partial charge is 0.268 e. The van der Waals surface area contributed by atoms with Crippen LogP contribution in [0.3, 0.4) is 0 Å². The van der Waals surface area contributed by atoms with Crippen LogP contribution in [0.2, 0.25) is 0 Å². The van der Waals surface area contributed by atoms with E-state index in [-0.39, 0.29) is 18.1 Å². The van der Waals surface area contributed by atoms with Crippen molar-refractivity contribution in [3.05, 3.63) is 94.2 Å². The third-order valence-electron chi connectivity index (χ3n) is 3.58. The fourth-order valence-corrected chi connectivity index (χ4v) is 2.69. The highest BCUT2D eigenvalue weighted by Crippen LogP contribution is 2.12. The van der Waals surface area contributed by atoms with E-state index in [4.69, 9.17) is 4.42 Å². The van der Waals surface area contributed by atoms with Crippen LogP contribution in [0.1, 0.15) is 21.7 Å². The molecule has 1 aromatic carbocycles. The van der Waals surface area contributed by atoms with E-state index in [9.17, 15) is 9.59 Å². The monoisotopic (exact) mass is 425 g/mol. The quantitative estimate of drug-likeness (QED) is 0.591. The zero-order valence-corrected chi connectivity index (χ0v) is 15.8. The van der Waals surface area contributed by atoms with Crippen molar-refractivity contribution in [2.75, 3.05) is 0 Å². The number of halogens is 1. The van der Waals surface area contributed by atoms with Gasteiger partial charge in [-0.15, -0.1) is 0 Å². The molecular formula is C20H16BrN3O3. The number of amides is 2. The number of rotatable bonds is 6. The van der Waals surface area contributed by atoms with Gasteiger partial charge >= 0.3 is 0 Å². The van der Waals surface area contributed by atoms with E-state index >= 15 is 0 Å². The van der Waals surface area contributed by atoms with E-state index in [2.05, 4.69) is 31.5 Å². The van der Waals surface area contributed by atoms with Gasteiger partial charge in [-0.1, -0.05) is 28.1 Å². The van der Waals surface area contributed by atoms with Crippen LogP contribution in [0.4, 0.5) is 0 Å². The molecule has 3 rings (SSSR count). The van der Waals surface area contributed by atoms with Crippen molar-refractivity contribution >= 4 is 33.8 Å². The van der Waals surface area contributed by atoms with Gasteiger partial charge < -0.3 is 15.1 Å². The van der Waals surface area contributed by atoms with Crippen molar-refractivity contribution in [2.45, 2.75) is 6.54 Å². The van der Waals surface area contributed by atoms with Crippen molar-refractivity contribution in [3.8, 4) is 0 Å². The SMILES string of the molecule is O=C(NCc1ccco1)/C(=C\c1cccnc1)NC(=O)c1cccc(Br)c1. The molecule has 7 heteroatoms. The molecule has 2 N–H and O–H groups in total. The lowest BCUT2D eigenvalue weighted by atomic mass is 10.2. The fourth-order valence-electron chi connectivity index (χ4n) is 2.29. The molecule has 0 saturated heterocycles. The van der Waals surface area contributed by atoms with E-state index in [1.807, 2.05) is 6.07 Å². The zero-order chi connectivity index (χ0) is 19.1. The van der Waals surface area contributed by atoms with Gasteiger partial charge in [-0.2, -0.15) is 0 Å². The Morgan fingerprint density at radius 1 is 1.15 bits per heavy atom. The molecule has 2 heterocycles. The number of hydrogen-bond donors (Lipinski definition) is 2. The Morgan fingerprint density at radius 3 is 2.74 bits per heavy atom. The molecule has 0 aliphatic rings. The maximum absolute atomic E-state index is 12.6. The summed E-state index contributed by atoms with van der Waals surface area (Å²) in [5.41, 5.74) is 1.23. The lowest BCUT2D eigenvalue weighted by molar-refractivity contribution is -0.118. The summed E-state index contributed by atoms with van der Waals surface area (Å²) in [6.45, 7) is 0.211. The van der Waals surface area contributed by atoms with Crippen molar-refractivity contribution < 1.29 is 14.0 Å². The molecule has 6 nitrogen and oxygen atoms in total. The van der Waals surface area contributed by atoms with Gasteiger partial charge in [0, 0.05) is 22.4 Å². The molecule has 0 bridgehead atoms. The predicted octanol–water partition coefficient (Wildman–Crippen LogP) is 3.52. The van der Waals surface area contributed by atoms with Gasteiger partial charge in [-0.3, -0.25) is 14.6 Å². The Labute approximate surface area is 164 Å². The summed E-state index contributed by atoms with van der Waals surface area (Å²) in [5.74, 6) is -0.208. The predicted molar refractivity (Wildman–Crippen MR) is 104 cm³/mol. The van der Waals surface area contributed by atoms with E-state index in [0.29, 0.717) is 16.9 Å². The van der Waals surface area contributed by atoms with Crippen LogP contribution in [-0.4, -0.2) is 16.8 Å². The highest BCUT2D eigenvalue weighted by Gasteiger charge is 2.15. The number of carbonyl (C=O) groups is 2. The molecule has 3 aromatic rings. The van der Waals surface area contributed by atoms with Crippen molar-refractivity contribution in [3.63, 3.8) is 0 Å². The van der Waals surface area contributed by atoms with Crippen LogP contribution in [0.25, 0.3) is 6.08 Å². The number of furan rings is 1. The largest absolute Gasteiger partial charge is 0.467 e. The van der Waals surface area contributed by atoms with Gasteiger partial charge in [0.05, 0.1) is 12.8 Å². The first-order chi connectivity index (χ1) is 13.1. The maximum atomic E-state index is 12.6. The van der Waals surface area contributed by atoms with Gasteiger partial charge in [-0.05, 0) is 48.0 Å². The third-order valence-corrected chi connectivity index (χ3v) is 4.07. The molecule has 0 radical (unpaired) electrons. The first-order valence-electron chi connectivity index (χ1n) is 8.11. The molecular weight excluding hydrogens is 410 g/mol. The normalized spacial score (nSPS) is 11.1. The zero-order valence-electron chi connectivity index (χ0n) is 14.2. The summed E-state index contributed by atoms with van der Waals surface area (Å²) in [4.78, 5) is 29.2. The molecule has 2 aromatic heterocycles. The van der Waals surface area contributed by atoms with Crippen molar-refractivity contribution in [1.82, 2.24) is 15.6 Å². The number of aromatic nitrogens is 1. The van der Waals surface area contributed by atoms with Gasteiger partial charge in [-0.25, -0.2) is 0 Å². The van der Waals surface area contributed by atoms with E-state index in [1.165, 1.54) is 6.26 Å². The molecule has 0 unspecified atom stereocenters. The van der Waals surface area contributed by atoms with E-state index in [1.54, 1.807) is 60.9 Å². The number of pyridine rings is 1. The highest BCUT2D eigenvalue weighted by molar-refractivity contribution is 9.10. The van der Waals surface area contributed by atoms with Crippen LogP contribution in [-0.2, 0) is 11.3 Å². The summed E-state index contributed by atoms with van der Waals surface area (Å²) < 4.78 is 5.98. The van der Waals surface area contributed by atoms with Crippen molar-refractivity contribution in [2.24, 2.45) is 0 Å². The topological polar surface area (TPSA) is 84.2 Å². The second-order valence-electron chi connectivity index (χ2n) is 5.57. The lowest BCUT2D eigenvalue weighted by Crippen LogP contribution is -2.34. The molecule has 0 fully saturated rings. The Hall–Kier alpha value is -3.19. The minimum atomic E-state index is -0.432. The average molecular weight is 426 g/mol. The molecule has 0 saturated carbocycles. The molecule has 2 amide bonds. The van der Waals surface area contributed by atoms with E-state index in [0.717, 1.165) is 4.47 Å². The van der Waals surface area contributed by atoms with Crippen LogP contribution >= 0.6 is 15.9 Å². The van der Waals surface area contributed by atoms with Crippen LogP contribution < -0.4 is 10.6 Å². The summed E-state index contributed by atoms with van der Waals surface area (Å²) in [6.07, 6.45) is 6.34. The molecule has 27 heavy (non-hydrogen) atoms. The van der Waals surface area contributed by atoms with Crippen molar-refractivity contribution in [1.29, 1.82) is 0 Å². The van der Waals surface area contributed by atoms with E-state index < -0.39 is 5.91 Å². The van der Waals surface area contributed by atoms with Gasteiger partial charge in [0.15, 0.2) is 0 Å². The van der Waals surface area contributed by atoms with Crippen LogP contribution in [0, 0.1) is 0 Å². The number of carbonyl (C=O) groups excluding carboxylic acids is 2. The Kier molecular flexibility index (Phi) is 6.17. The second kappa shape index (κ2) is 8.95. The van der Waals surface area contributed by atoms with Gasteiger partial charge in [0.2, 0.25) is 0 Å². The summed E-state index contributed by atoms with van der Waals surface area (Å²) in [6, 6.07) is 14.0. The summed E-state index contributed by atoms with van der Waals surface area (Å²) >= 11 is 3.33. The summed E-state index contributed by atoms with van der Waals surface area (Å²) in [5, 5.41) is 5.40. The molecule has 0 aliphatic heterocycles. The fraction of sp³-hybridized carbons (Fsp3) is 0.0500. The highest BCUT2D eigenvalue weighted by atomic mass is 79.9. The minimum Gasteiger partial charge on any atom is -0.467 e. The molecule has 136 valence electrons. The molecule has 0 aliphatic carbocycles. The second-order valence-corrected chi connectivity index (χ2v) is 6.49. The Balaban J connectivity index is 1.79. The number of hydrogen-bond acceptors (Lipinski definition) is 4. The van der Waals surface area contributed by atoms with Gasteiger partial charge in [0.25, 0.3) is 11.8 Å². The Morgan fingerprint density at radius 2 is 2.04 bits per heavy atom. The van der Waals surface area contributed by atoms with Crippen LogP contribution in [0.5, 0.6) is 0 Å². The number of nitrogens with zero attached hydrogens (tertiary/aromatic N) is 1. The number of benzene rings is 1. The van der Waals surface area contributed by atoms with Crippen LogP contribution in [0.15, 0.2) is 81.8 Å². The first-order valence-corrected chi connectivity index (χ1v) is 8.90.